The van der Waals surface area contributed by atoms with Crippen molar-refractivity contribution in [2.75, 3.05) is 84.9 Å². The van der Waals surface area contributed by atoms with Gasteiger partial charge in [-0.25, -0.2) is 0 Å². The van der Waals surface area contributed by atoms with Crippen molar-refractivity contribution < 1.29 is 28.4 Å². The Kier molecular flexibility index (Phi) is 8.84. The van der Waals surface area contributed by atoms with Gasteiger partial charge in [0.2, 0.25) is 0 Å². The van der Waals surface area contributed by atoms with Crippen LogP contribution in [-0.4, -0.2) is 75.1 Å². The Labute approximate surface area is 190 Å². The third-order valence-corrected chi connectivity index (χ3v) is 5.50. The van der Waals surface area contributed by atoms with E-state index in [2.05, 4.69) is 34.1 Å². The Balaban J connectivity index is 2.10. The molecule has 0 spiro atoms. The molecule has 0 N–H and O–H groups in total. The minimum atomic E-state index is -0.157. The van der Waals surface area contributed by atoms with Crippen LogP contribution in [-0.2, 0) is 14.2 Å². The van der Waals surface area contributed by atoms with Crippen LogP contribution < -0.4 is 24.0 Å². The molecule has 1 heterocycles. The molecule has 176 valence electrons. The van der Waals surface area contributed by atoms with E-state index < -0.39 is 0 Å². The SMILES string of the molecule is COCCOc1cc(OC)c(C2N(CCOC)c3ccccc3N2CCOC)c(OC)c1. The highest BCUT2D eigenvalue weighted by Crippen LogP contribution is 2.51. The molecular weight excluding hydrogens is 412 g/mol. The molecule has 0 atom stereocenters. The molecule has 0 radical (unpaired) electrons. The molecule has 3 rings (SSSR count). The molecule has 0 aromatic heterocycles. The summed E-state index contributed by atoms with van der Waals surface area (Å²) in [5.74, 6) is 2.06. The van der Waals surface area contributed by atoms with E-state index in [1.54, 1.807) is 35.5 Å². The second-order valence-corrected chi connectivity index (χ2v) is 7.32. The Hall–Kier alpha value is -2.68. The van der Waals surface area contributed by atoms with Gasteiger partial charge >= 0.3 is 0 Å². The summed E-state index contributed by atoms with van der Waals surface area (Å²) in [7, 11) is 8.41. The van der Waals surface area contributed by atoms with E-state index in [0.717, 1.165) is 16.9 Å². The summed E-state index contributed by atoms with van der Waals surface area (Å²) in [6.07, 6.45) is -0.157. The van der Waals surface area contributed by atoms with Gasteiger partial charge in [-0.15, -0.1) is 0 Å². The maximum absolute atomic E-state index is 5.84. The molecule has 0 saturated heterocycles. The molecule has 0 saturated carbocycles. The molecule has 0 amide bonds. The molecule has 0 bridgehead atoms. The van der Waals surface area contributed by atoms with E-state index >= 15 is 0 Å². The lowest BCUT2D eigenvalue weighted by atomic mass is 10.1. The van der Waals surface area contributed by atoms with Gasteiger partial charge in [0.1, 0.15) is 30.0 Å². The van der Waals surface area contributed by atoms with Gasteiger partial charge < -0.3 is 38.2 Å². The fraction of sp³-hybridized carbons (Fsp3) is 0.500. The maximum atomic E-state index is 5.84. The number of rotatable bonds is 13. The van der Waals surface area contributed by atoms with E-state index in [-0.39, 0.29) is 6.17 Å². The summed E-state index contributed by atoms with van der Waals surface area (Å²) in [5.41, 5.74) is 3.20. The van der Waals surface area contributed by atoms with Crippen LogP contribution in [0.4, 0.5) is 11.4 Å². The average Bonchev–Trinajstić information content (AvgIpc) is 3.13. The zero-order valence-electron chi connectivity index (χ0n) is 19.6. The van der Waals surface area contributed by atoms with Crippen molar-refractivity contribution >= 4 is 11.4 Å². The molecular formula is C24H34N2O6. The fourth-order valence-electron chi connectivity index (χ4n) is 4.05. The summed E-state index contributed by atoms with van der Waals surface area (Å²) in [6, 6.07) is 12.2. The molecule has 1 aliphatic rings. The first kappa shape index (κ1) is 24.0. The Morgan fingerprint density at radius 2 is 1.19 bits per heavy atom. The molecule has 1 aliphatic heterocycles. The molecule has 8 heteroatoms. The number of ether oxygens (including phenoxy) is 6. The minimum absolute atomic E-state index is 0.157. The van der Waals surface area contributed by atoms with Crippen LogP contribution in [0.25, 0.3) is 0 Å². The molecule has 32 heavy (non-hydrogen) atoms. The van der Waals surface area contributed by atoms with Gasteiger partial charge in [-0.3, -0.25) is 0 Å². The van der Waals surface area contributed by atoms with Crippen molar-refractivity contribution in [1.29, 1.82) is 0 Å². The van der Waals surface area contributed by atoms with Crippen LogP contribution in [0.2, 0.25) is 0 Å². The topological polar surface area (TPSA) is 61.9 Å². The highest BCUT2D eigenvalue weighted by molar-refractivity contribution is 5.79. The van der Waals surface area contributed by atoms with Crippen LogP contribution in [0.1, 0.15) is 11.7 Å². The van der Waals surface area contributed by atoms with E-state index in [4.69, 9.17) is 28.4 Å². The standard InChI is InChI=1S/C24H34N2O6/c1-27-12-10-25-19-8-6-7-9-20(19)26(11-13-28-2)24(25)23-21(30-4)16-18(17-22(23)31-5)32-15-14-29-3/h6-9,16-17,24H,10-15H2,1-5H3. The number of methoxy groups -OCH3 is 5. The van der Waals surface area contributed by atoms with Gasteiger partial charge in [-0.2, -0.15) is 0 Å². The Bertz CT molecular complexity index is 802. The summed E-state index contributed by atoms with van der Waals surface area (Å²) in [5, 5.41) is 0. The van der Waals surface area contributed by atoms with Crippen molar-refractivity contribution in [3.8, 4) is 17.2 Å². The normalized spacial score (nSPS) is 13.4. The van der Waals surface area contributed by atoms with Crippen LogP contribution in [0.3, 0.4) is 0 Å². The van der Waals surface area contributed by atoms with E-state index in [0.29, 0.717) is 56.8 Å². The quantitative estimate of drug-likeness (QED) is 0.434. The fourth-order valence-corrected chi connectivity index (χ4v) is 4.05. The number of para-hydroxylation sites is 2. The van der Waals surface area contributed by atoms with E-state index in [1.165, 1.54) is 0 Å². The third kappa shape index (κ3) is 5.03. The molecule has 0 unspecified atom stereocenters. The van der Waals surface area contributed by atoms with Crippen molar-refractivity contribution in [1.82, 2.24) is 0 Å². The lowest BCUT2D eigenvalue weighted by Crippen LogP contribution is -2.39. The summed E-state index contributed by atoms with van der Waals surface area (Å²) >= 11 is 0. The maximum Gasteiger partial charge on any atom is 0.136 e. The molecule has 2 aromatic carbocycles. The highest BCUT2D eigenvalue weighted by Gasteiger charge is 2.40. The zero-order valence-corrected chi connectivity index (χ0v) is 19.6. The predicted octanol–water partition coefficient (Wildman–Crippen LogP) is 3.35. The van der Waals surface area contributed by atoms with E-state index in [1.807, 2.05) is 12.1 Å². The van der Waals surface area contributed by atoms with Crippen LogP contribution in [0.15, 0.2) is 36.4 Å². The molecule has 0 fully saturated rings. The van der Waals surface area contributed by atoms with Gasteiger partial charge in [0.25, 0.3) is 0 Å². The third-order valence-electron chi connectivity index (χ3n) is 5.50. The van der Waals surface area contributed by atoms with Crippen molar-refractivity contribution in [2.24, 2.45) is 0 Å². The smallest absolute Gasteiger partial charge is 0.136 e. The van der Waals surface area contributed by atoms with Crippen LogP contribution in [0.5, 0.6) is 17.2 Å². The van der Waals surface area contributed by atoms with Crippen molar-refractivity contribution in [2.45, 2.75) is 6.17 Å². The Morgan fingerprint density at radius 1 is 0.688 bits per heavy atom. The molecule has 0 aliphatic carbocycles. The number of fused-ring (bicyclic) bond motifs is 1. The number of hydrogen-bond donors (Lipinski definition) is 0. The largest absolute Gasteiger partial charge is 0.496 e. The van der Waals surface area contributed by atoms with Crippen LogP contribution in [0, 0.1) is 0 Å². The average molecular weight is 447 g/mol. The van der Waals surface area contributed by atoms with Crippen molar-refractivity contribution in [3.63, 3.8) is 0 Å². The number of benzene rings is 2. The van der Waals surface area contributed by atoms with Gasteiger partial charge in [0, 0.05) is 46.6 Å². The zero-order chi connectivity index (χ0) is 22.9. The van der Waals surface area contributed by atoms with Gasteiger partial charge in [-0.05, 0) is 12.1 Å². The summed E-state index contributed by atoms with van der Waals surface area (Å²) in [4.78, 5) is 4.64. The number of anilines is 2. The highest BCUT2D eigenvalue weighted by atomic mass is 16.5. The Morgan fingerprint density at radius 3 is 1.62 bits per heavy atom. The lowest BCUT2D eigenvalue weighted by molar-refractivity contribution is 0.146. The number of nitrogens with zero attached hydrogens (tertiary/aromatic N) is 2. The van der Waals surface area contributed by atoms with Gasteiger partial charge in [-0.1, -0.05) is 12.1 Å². The van der Waals surface area contributed by atoms with Crippen molar-refractivity contribution in [3.05, 3.63) is 42.0 Å². The molecule has 8 nitrogen and oxygen atoms in total. The second-order valence-electron chi connectivity index (χ2n) is 7.32. The summed E-state index contributed by atoms with van der Waals surface area (Å²) in [6.45, 7) is 3.54. The molecule has 2 aromatic rings. The van der Waals surface area contributed by atoms with Gasteiger partial charge in [0.05, 0.1) is 51.0 Å². The lowest BCUT2D eigenvalue weighted by Gasteiger charge is -2.35. The first-order chi connectivity index (χ1) is 15.7. The van der Waals surface area contributed by atoms with Crippen LogP contribution >= 0.6 is 0 Å². The minimum Gasteiger partial charge on any atom is -0.496 e. The first-order valence-electron chi connectivity index (χ1n) is 10.7. The summed E-state index contributed by atoms with van der Waals surface area (Å²) < 4.78 is 33.5. The van der Waals surface area contributed by atoms with Gasteiger partial charge in [0.15, 0.2) is 0 Å². The monoisotopic (exact) mass is 446 g/mol. The van der Waals surface area contributed by atoms with E-state index in [9.17, 15) is 0 Å². The second kappa shape index (κ2) is 11.8. The first-order valence-corrected chi connectivity index (χ1v) is 10.7. The number of hydrogen-bond acceptors (Lipinski definition) is 8. The predicted molar refractivity (Wildman–Crippen MR) is 125 cm³/mol.